The Morgan fingerprint density at radius 3 is 2.39 bits per heavy atom. The van der Waals surface area contributed by atoms with Crippen LogP contribution in [-0.4, -0.2) is 24.5 Å². The van der Waals surface area contributed by atoms with E-state index in [4.69, 9.17) is 4.74 Å². The number of halogens is 1. The number of carbonyl (C=O) groups excluding carboxylic acids is 3. The Morgan fingerprint density at radius 1 is 1.10 bits per heavy atom. The normalized spacial score (nSPS) is 15.3. The van der Waals surface area contributed by atoms with Crippen LogP contribution in [-0.2, 0) is 16.0 Å². The summed E-state index contributed by atoms with van der Waals surface area (Å²) in [5.74, 6) is -0.712. The molecular formula is C24H23BrN2O4. The molecule has 6 nitrogen and oxygen atoms in total. The number of imide groups is 2. The second-order valence-corrected chi connectivity index (χ2v) is 8.07. The summed E-state index contributed by atoms with van der Waals surface area (Å²) in [6.45, 7) is 9.92. The summed E-state index contributed by atoms with van der Waals surface area (Å²) in [5, 5.41) is 2.26. The van der Waals surface area contributed by atoms with E-state index in [0.717, 1.165) is 21.6 Å². The quantitative estimate of drug-likeness (QED) is 0.362. The summed E-state index contributed by atoms with van der Waals surface area (Å²) in [6.07, 6.45) is 3.78. The molecule has 0 radical (unpaired) electrons. The molecule has 7 heteroatoms. The van der Waals surface area contributed by atoms with E-state index >= 15 is 0 Å². The number of rotatable bonds is 6. The zero-order chi connectivity index (χ0) is 22.7. The Balaban J connectivity index is 2.06. The lowest BCUT2D eigenvalue weighted by Crippen LogP contribution is -2.54. The number of nitrogens with one attached hydrogen (secondary N) is 1. The van der Waals surface area contributed by atoms with Crippen LogP contribution in [0.25, 0.3) is 6.08 Å². The molecule has 0 atom stereocenters. The predicted molar refractivity (Wildman–Crippen MR) is 124 cm³/mol. The highest BCUT2D eigenvalue weighted by molar-refractivity contribution is 9.10. The highest BCUT2D eigenvalue weighted by Gasteiger charge is 2.37. The van der Waals surface area contributed by atoms with E-state index in [1.807, 2.05) is 32.9 Å². The van der Waals surface area contributed by atoms with Crippen molar-refractivity contribution in [2.75, 3.05) is 11.5 Å². The molecule has 1 N–H and O–H groups in total. The van der Waals surface area contributed by atoms with Crippen LogP contribution in [0.4, 0.5) is 10.5 Å². The molecule has 0 spiro atoms. The molecule has 0 aromatic heterocycles. The van der Waals surface area contributed by atoms with Crippen molar-refractivity contribution in [3.8, 4) is 5.75 Å². The molecular weight excluding hydrogens is 460 g/mol. The van der Waals surface area contributed by atoms with Gasteiger partial charge in [0.25, 0.3) is 11.8 Å². The number of carbonyl (C=O) groups is 3. The van der Waals surface area contributed by atoms with Crippen LogP contribution < -0.4 is 15.0 Å². The van der Waals surface area contributed by atoms with Gasteiger partial charge in [0.2, 0.25) is 0 Å². The third-order valence-corrected chi connectivity index (χ3v) is 5.26. The molecule has 31 heavy (non-hydrogen) atoms. The summed E-state index contributed by atoms with van der Waals surface area (Å²) in [4.78, 5) is 39.1. The Hall–Kier alpha value is -3.19. The average Bonchev–Trinajstić information content (AvgIpc) is 2.67. The van der Waals surface area contributed by atoms with Crippen molar-refractivity contribution in [3.05, 3.63) is 75.3 Å². The number of ether oxygens (including phenoxy) is 1. The monoisotopic (exact) mass is 482 g/mol. The number of hydrogen-bond acceptors (Lipinski definition) is 4. The first-order chi connectivity index (χ1) is 14.7. The summed E-state index contributed by atoms with van der Waals surface area (Å²) in [6, 6.07) is 8.24. The van der Waals surface area contributed by atoms with Gasteiger partial charge in [0.1, 0.15) is 11.3 Å². The van der Waals surface area contributed by atoms with Crippen molar-refractivity contribution < 1.29 is 19.1 Å². The highest BCUT2D eigenvalue weighted by Crippen LogP contribution is 2.33. The van der Waals surface area contributed by atoms with Crippen LogP contribution in [0.15, 0.2) is 53.0 Å². The maximum Gasteiger partial charge on any atom is 0.335 e. The second kappa shape index (κ2) is 9.31. The minimum absolute atomic E-state index is 0.126. The van der Waals surface area contributed by atoms with Crippen molar-refractivity contribution in [1.82, 2.24) is 5.32 Å². The number of nitrogens with zero attached hydrogens (tertiary/aromatic N) is 1. The lowest BCUT2D eigenvalue weighted by molar-refractivity contribution is -0.122. The molecule has 0 saturated carbocycles. The van der Waals surface area contributed by atoms with Gasteiger partial charge in [-0.1, -0.05) is 12.1 Å². The van der Waals surface area contributed by atoms with Gasteiger partial charge < -0.3 is 4.74 Å². The number of benzene rings is 2. The van der Waals surface area contributed by atoms with Gasteiger partial charge in [0, 0.05) is 0 Å². The van der Waals surface area contributed by atoms with E-state index in [1.165, 1.54) is 6.08 Å². The molecule has 1 heterocycles. The van der Waals surface area contributed by atoms with Crippen molar-refractivity contribution in [2.24, 2.45) is 0 Å². The van der Waals surface area contributed by atoms with E-state index < -0.39 is 17.8 Å². The van der Waals surface area contributed by atoms with Gasteiger partial charge in [0.05, 0.1) is 16.8 Å². The Morgan fingerprint density at radius 2 is 1.77 bits per heavy atom. The van der Waals surface area contributed by atoms with Gasteiger partial charge in [-0.2, -0.15) is 0 Å². The highest BCUT2D eigenvalue weighted by atomic mass is 79.9. The van der Waals surface area contributed by atoms with E-state index in [2.05, 4.69) is 27.8 Å². The third kappa shape index (κ3) is 4.77. The summed E-state index contributed by atoms with van der Waals surface area (Å²) in [5.41, 5.74) is 3.59. The molecule has 1 fully saturated rings. The Bertz CT molecular complexity index is 1100. The Labute approximate surface area is 189 Å². The van der Waals surface area contributed by atoms with Gasteiger partial charge in [-0.25, -0.2) is 9.69 Å². The summed E-state index contributed by atoms with van der Waals surface area (Å²) >= 11 is 3.50. The van der Waals surface area contributed by atoms with Crippen LogP contribution in [0.3, 0.4) is 0 Å². The first kappa shape index (κ1) is 22.5. The minimum Gasteiger partial charge on any atom is -0.492 e. The number of allylic oxidation sites excluding steroid dienone is 1. The van der Waals surface area contributed by atoms with Gasteiger partial charge in [-0.15, -0.1) is 6.58 Å². The third-order valence-electron chi connectivity index (χ3n) is 4.67. The van der Waals surface area contributed by atoms with E-state index in [0.29, 0.717) is 34.5 Å². The minimum atomic E-state index is -0.766. The van der Waals surface area contributed by atoms with Gasteiger partial charge in [-0.05, 0) is 95.7 Å². The molecule has 1 aliphatic heterocycles. The molecule has 1 aliphatic rings. The van der Waals surface area contributed by atoms with E-state index in [1.54, 1.807) is 24.3 Å². The standard InChI is InChI=1S/C24H23BrN2O4/c1-5-7-17-11-16(13-20(25)21(17)31-6-2)12-19-22(28)26-24(30)27(23(19)29)18-9-14(3)8-15(4)10-18/h5,8-13H,1,6-7H2,2-4H3,(H,26,28,30)/b19-12+. The van der Waals surface area contributed by atoms with Gasteiger partial charge in [0.15, 0.2) is 0 Å². The fourth-order valence-corrected chi connectivity index (χ4v) is 4.14. The van der Waals surface area contributed by atoms with Crippen molar-refractivity contribution in [1.29, 1.82) is 0 Å². The molecule has 4 amide bonds. The molecule has 0 bridgehead atoms. The Kier molecular flexibility index (Phi) is 6.75. The molecule has 3 rings (SSSR count). The van der Waals surface area contributed by atoms with Gasteiger partial charge >= 0.3 is 6.03 Å². The smallest absolute Gasteiger partial charge is 0.335 e. The SMILES string of the molecule is C=CCc1cc(/C=C2\C(=O)NC(=O)N(c3cc(C)cc(C)c3)C2=O)cc(Br)c1OCC. The predicted octanol–water partition coefficient (Wildman–Crippen LogP) is 4.86. The fraction of sp³-hybridized carbons (Fsp3) is 0.208. The van der Waals surface area contributed by atoms with Crippen LogP contribution in [0.5, 0.6) is 5.75 Å². The maximum atomic E-state index is 13.2. The van der Waals surface area contributed by atoms with Crippen molar-refractivity contribution in [2.45, 2.75) is 27.2 Å². The summed E-state index contributed by atoms with van der Waals surface area (Å²) in [7, 11) is 0. The first-order valence-electron chi connectivity index (χ1n) is 9.81. The first-order valence-corrected chi connectivity index (χ1v) is 10.6. The molecule has 0 aliphatic carbocycles. The zero-order valence-corrected chi connectivity index (χ0v) is 19.2. The van der Waals surface area contributed by atoms with Crippen molar-refractivity contribution in [3.63, 3.8) is 0 Å². The molecule has 2 aromatic rings. The van der Waals surface area contributed by atoms with Crippen LogP contribution in [0.2, 0.25) is 0 Å². The maximum absolute atomic E-state index is 13.2. The number of aryl methyl sites for hydroxylation is 2. The lowest BCUT2D eigenvalue weighted by atomic mass is 10.0. The number of barbiturate groups is 1. The number of amides is 4. The largest absolute Gasteiger partial charge is 0.492 e. The molecule has 2 aromatic carbocycles. The molecule has 1 saturated heterocycles. The number of anilines is 1. The van der Waals surface area contributed by atoms with E-state index in [9.17, 15) is 14.4 Å². The zero-order valence-electron chi connectivity index (χ0n) is 17.6. The van der Waals surface area contributed by atoms with Crippen LogP contribution in [0.1, 0.15) is 29.2 Å². The van der Waals surface area contributed by atoms with E-state index in [-0.39, 0.29) is 5.57 Å². The topological polar surface area (TPSA) is 75.7 Å². The van der Waals surface area contributed by atoms with Crippen molar-refractivity contribution >= 4 is 45.5 Å². The summed E-state index contributed by atoms with van der Waals surface area (Å²) < 4.78 is 6.40. The molecule has 160 valence electrons. The fourth-order valence-electron chi connectivity index (χ4n) is 3.51. The molecule has 0 unspecified atom stereocenters. The average molecular weight is 483 g/mol. The number of hydrogen-bond donors (Lipinski definition) is 1. The second-order valence-electron chi connectivity index (χ2n) is 7.22. The van der Waals surface area contributed by atoms with Crippen LogP contribution in [0, 0.1) is 13.8 Å². The number of urea groups is 1. The lowest BCUT2D eigenvalue weighted by Gasteiger charge is -2.27. The van der Waals surface area contributed by atoms with Gasteiger partial charge in [-0.3, -0.25) is 14.9 Å². The van der Waals surface area contributed by atoms with Crippen LogP contribution >= 0.6 is 15.9 Å².